The number of halogens is 2. The maximum Gasteiger partial charge on any atom is 0.239 e. The molecule has 1 fully saturated rings. The van der Waals surface area contributed by atoms with E-state index in [0.29, 0.717) is 25.1 Å². The van der Waals surface area contributed by atoms with Gasteiger partial charge in [-0.2, -0.15) is 0 Å². The summed E-state index contributed by atoms with van der Waals surface area (Å²) in [4.78, 5) is 24.9. The van der Waals surface area contributed by atoms with Gasteiger partial charge in [-0.1, -0.05) is 19.4 Å². The Labute approximate surface area is 134 Å². The molecule has 23 heavy (non-hydrogen) atoms. The van der Waals surface area contributed by atoms with Gasteiger partial charge in [0.05, 0.1) is 13.1 Å². The van der Waals surface area contributed by atoms with Crippen molar-refractivity contribution in [2.24, 2.45) is 0 Å². The number of piperazine rings is 1. The number of rotatable bonds is 6. The largest absolute Gasteiger partial charge is 0.353 e. The summed E-state index contributed by atoms with van der Waals surface area (Å²) >= 11 is 0. The van der Waals surface area contributed by atoms with Crippen LogP contribution in [0.15, 0.2) is 18.2 Å². The van der Waals surface area contributed by atoms with Crippen LogP contribution in [0.2, 0.25) is 0 Å². The molecule has 0 aliphatic carbocycles. The maximum absolute atomic E-state index is 13.9. The Hall–Kier alpha value is -2.02. The molecule has 1 saturated heterocycles. The van der Waals surface area contributed by atoms with Gasteiger partial charge in [-0.05, 0) is 12.5 Å². The monoisotopic (exact) mass is 325 g/mol. The molecule has 1 aromatic carbocycles. The molecular formula is C16H21F2N3O2. The standard InChI is InChI=1S/C16H21F2N3O2/c1-2-3-14(12-5-4-11(17)8-13(12)18)20-9-16(23)21-7-6-19-15(22)10-21/h4-5,8,14,20H,2-3,6-7,9-10H2,1H3,(H,19,22). The average molecular weight is 325 g/mol. The van der Waals surface area contributed by atoms with Crippen molar-refractivity contribution in [2.45, 2.75) is 25.8 Å². The highest BCUT2D eigenvalue weighted by molar-refractivity contribution is 5.86. The molecule has 126 valence electrons. The molecule has 7 heteroatoms. The molecule has 0 saturated carbocycles. The lowest BCUT2D eigenvalue weighted by atomic mass is 10.0. The lowest BCUT2D eigenvalue weighted by Crippen LogP contribution is -2.52. The summed E-state index contributed by atoms with van der Waals surface area (Å²) in [5.74, 6) is -1.64. The van der Waals surface area contributed by atoms with E-state index in [1.54, 1.807) is 0 Å². The van der Waals surface area contributed by atoms with E-state index in [-0.39, 0.29) is 30.9 Å². The van der Waals surface area contributed by atoms with Crippen LogP contribution in [0.25, 0.3) is 0 Å². The predicted molar refractivity (Wildman–Crippen MR) is 81.6 cm³/mol. The smallest absolute Gasteiger partial charge is 0.239 e. The third-order valence-electron chi connectivity index (χ3n) is 3.81. The fourth-order valence-corrected chi connectivity index (χ4v) is 2.61. The van der Waals surface area contributed by atoms with Crippen molar-refractivity contribution in [1.29, 1.82) is 0 Å². The molecule has 1 unspecified atom stereocenters. The average Bonchev–Trinajstić information content (AvgIpc) is 2.51. The summed E-state index contributed by atoms with van der Waals surface area (Å²) in [6.45, 7) is 2.91. The van der Waals surface area contributed by atoms with Crippen LogP contribution in [-0.4, -0.2) is 42.9 Å². The Morgan fingerprint density at radius 3 is 2.87 bits per heavy atom. The van der Waals surface area contributed by atoms with Gasteiger partial charge in [0.25, 0.3) is 0 Å². The van der Waals surface area contributed by atoms with E-state index >= 15 is 0 Å². The Morgan fingerprint density at radius 1 is 1.43 bits per heavy atom. The zero-order valence-electron chi connectivity index (χ0n) is 13.1. The van der Waals surface area contributed by atoms with Crippen molar-refractivity contribution < 1.29 is 18.4 Å². The molecule has 1 atom stereocenters. The summed E-state index contributed by atoms with van der Waals surface area (Å²) < 4.78 is 27.0. The molecule has 2 rings (SSSR count). The second-order valence-electron chi connectivity index (χ2n) is 5.55. The minimum absolute atomic E-state index is 0.00869. The third-order valence-corrected chi connectivity index (χ3v) is 3.81. The van der Waals surface area contributed by atoms with Gasteiger partial charge < -0.3 is 15.5 Å². The first-order valence-electron chi connectivity index (χ1n) is 7.74. The number of carbonyl (C=O) groups excluding carboxylic acids is 2. The topological polar surface area (TPSA) is 61.4 Å². The van der Waals surface area contributed by atoms with Crippen LogP contribution in [0.1, 0.15) is 31.4 Å². The van der Waals surface area contributed by atoms with E-state index in [1.807, 2.05) is 6.92 Å². The zero-order chi connectivity index (χ0) is 16.8. The summed E-state index contributed by atoms with van der Waals surface area (Å²) in [5, 5.41) is 5.68. The predicted octanol–water partition coefficient (Wildman–Crippen LogP) is 1.35. The first-order chi connectivity index (χ1) is 11.0. The molecule has 1 aromatic rings. The molecule has 1 aliphatic heterocycles. The lowest BCUT2D eigenvalue weighted by Gasteiger charge is -2.28. The van der Waals surface area contributed by atoms with Gasteiger partial charge >= 0.3 is 0 Å². The van der Waals surface area contributed by atoms with E-state index in [9.17, 15) is 18.4 Å². The molecule has 0 spiro atoms. The van der Waals surface area contributed by atoms with Crippen molar-refractivity contribution >= 4 is 11.8 Å². The fourth-order valence-electron chi connectivity index (χ4n) is 2.61. The summed E-state index contributed by atoms with van der Waals surface area (Å²) in [6.07, 6.45) is 1.41. The number of hydrogen-bond acceptors (Lipinski definition) is 3. The van der Waals surface area contributed by atoms with E-state index in [0.717, 1.165) is 12.5 Å². The first kappa shape index (κ1) is 17.3. The number of nitrogens with zero attached hydrogens (tertiary/aromatic N) is 1. The van der Waals surface area contributed by atoms with Crippen LogP contribution in [-0.2, 0) is 9.59 Å². The number of hydrogen-bond donors (Lipinski definition) is 2. The Morgan fingerprint density at radius 2 is 2.22 bits per heavy atom. The van der Waals surface area contributed by atoms with Gasteiger partial charge in [0.1, 0.15) is 11.6 Å². The van der Waals surface area contributed by atoms with Gasteiger partial charge in [-0.15, -0.1) is 0 Å². The van der Waals surface area contributed by atoms with Crippen LogP contribution in [0, 0.1) is 11.6 Å². The molecule has 1 heterocycles. The number of nitrogens with one attached hydrogen (secondary N) is 2. The molecule has 0 aromatic heterocycles. The Balaban J connectivity index is 1.99. The molecular weight excluding hydrogens is 304 g/mol. The Kier molecular flexibility index (Phi) is 6.04. The second-order valence-corrected chi connectivity index (χ2v) is 5.55. The zero-order valence-corrected chi connectivity index (χ0v) is 13.1. The molecule has 5 nitrogen and oxygen atoms in total. The summed E-state index contributed by atoms with van der Waals surface area (Å²) in [7, 11) is 0. The van der Waals surface area contributed by atoms with Gasteiger partial charge in [0, 0.05) is 30.8 Å². The maximum atomic E-state index is 13.9. The molecule has 1 aliphatic rings. The van der Waals surface area contributed by atoms with Crippen molar-refractivity contribution in [2.75, 3.05) is 26.2 Å². The van der Waals surface area contributed by atoms with Crippen molar-refractivity contribution in [3.8, 4) is 0 Å². The van der Waals surface area contributed by atoms with E-state index in [4.69, 9.17) is 0 Å². The van der Waals surface area contributed by atoms with Gasteiger partial charge in [0.15, 0.2) is 0 Å². The van der Waals surface area contributed by atoms with Crippen molar-refractivity contribution in [3.05, 3.63) is 35.4 Å². The number of benzene rings is 1. The van der Waals surface area contributed by atoms with E-state index in [2.05, 4.69) is 10.6 Å². The van der Waals surface area contributed by atoms with Crippen LogP contribution < -0.4 is 10.6 Å². The van der Waals surface area contributed by atoms with Gasteiger partial charge in [0.2, 0.25) is 11.8 Å². The van der Waals surface area contributed by atoms with Crippen LogP contribution in [0.3, 0.4) is 0 Å². The quantitative estimate of drug-likeness (QED) is 0.830. The third kappa shape index (κ3) is 4.72. The molecule has 0 radical (unpaired) electrons. The van der Waals surface area contributed by atoms with E-state index in [1.165, 1.54) is 17.0 Å². The van der Waals surface area contributed by atoms with Crippen LogP contribution >= 0.6 is 0 Å². The minimum Gasteiger partial charge on any atom is -0.353 e. The first-order valence-corrected chi connectivity index (χ1v) is 7.74. The molecule has 2 N–H and O–H groups in total. The number of amides is 2. The molecule has 2 amide bonds. The highest BCUT2D eigenvalue weighted by Crippen LogP contribution is 2.22. The summed E-state index contributed by atoms with van der Waals surface area (Å²) in [6, 6.07) is 3.08. The van der Waals surface area contributed by atoms with Crippen LogP contribution in [0.4, 0.5) is 8.78 Å². The second kappa shape index (κ2) is 8.01. The van der Waals surface area contributed by atoms with Gasteiger partial charge in [-0.3, -0.25) is 9.59 Å². The highest BCUT2D eigenvalue weighted by atomic mass is 19.1. The fraction of sp³-hybridized carbons (Fsp3) is 0.500. The highest BCUT2D eigenvalue weighted by Gasteiger charge is 2.22. The Bertz CT molecular complexity index is 580. The summed E-state index contributed by atoms with van der Waals surface area (Å²) in [5.41, 5.74) is 0.345. The van der Waals surface area contributed by atoms with Crippen LogP contribution in [0.5, 0.6) is 0 Å². The normalized spacial score (nSPS) is 16.1. The van der Waals surface area contributed by atoms with E-state index < -0.39 is 11.6 Å². The minimum atomic E-state index is -0.628. The van der Waals surface area contributed by atoms with Gasteiger partial charge in [-0.25, -0.2) is 8.78 Å². The lowest BCUT2D eigenvalue weighted by molar-refractivity contribution is -0.137. The number of carbonyl (C=O) groups is 2. The SMILES string of the molecule is CCCC(NCC(=O)N1CCNC(=O)C1)c1ccc(F)cc1F. The van der Waals surface area contributed by atoms with Crippen molar-refractivity contribution in [3.63, 3.8) is 0 Å². The molecule has 0 bridgehead atoms. The van der Waals surface area contributed by atoms with Crippen molar-refractivity contribution in [1.82, 2.24) is 15.5 Å².